The summed E-state index contributed by atoms with van der Waals surface area (Å²) >= 11 is 7.59. The van der Waals surface area contributed by atoms with Crippen LogP contribution in [0.25, 0.3) is 11.3 Å². The molecule has 1 saturated heterocycles. The van der Waals surface area contributed by atoms with Crippen molar-refractivity contribution in [2.24, 2.45) is 0 Å². The monoisotopic (exact) mass is 486 g/mol. The number of carbonyl (C=O) groups excluding carboxylic acids is 1. The summed E-state index contributed by atoms with van der Waals surface area (Å²) in [6, 6.07) is 12.9. The molecule has 0 unspecified atom stereocenters. The molecule has 0 aliphatic carbocycles. The molecule has 0 N–H and O–H groups in total. The number of anilines is 2. The largest absolute Gasteiger partial charge is 0.312 e. The summed E-state index contributed by atoms with van der Waals surface area (Å²) in [5, 5.41) is 0.986. The third kappa shape index (κ3) is 3.64. The maximum Gasteiger partial charge on any atom is 0.267 e. The minimum absolute atomic E-state index is 0.0683. The second kappa shape index (κ2) is 8.06. The zero-order valence-electron chi connectivity index (χ0n) is 17.2. The summed E-state index contributed by atoms with van der Waals surface area (Å²) in [6.07, 6.45) is 2.86. The van der Waals surface area contributed by atoms with Crippen molar-refractivity contribution in [1.82, 2.24) is 9.97 Å². The van der Waals surface area contributed by atoms with Crippen LogP contribution in [-0.2, 0) is 20.6 Å². The van der Waals surface area contributed by atoms with Crippen LogP contribution < -0.4 is 9.21 Å². The Morgan fingerprint density at radius 2 is 1.94 bits per heavy atom. The van der Waals surface area contributed by atoms with Crippen molar-refractivity contribution in [2.45, 2.75) is 28.6 Å². The minimum atomic E-state index is -3.72. The van der Waals surface area contributed by atoms with Crippen LogP contribution in [0.3, 0.4) is 0 Å². The van der Waals surface area contributed by atoms with Gasteiger partial charge in [-0.05, 0) is 42.3 Å². The SMILES string of the molecule is CN1c2ccc(Cl)cc2-c2nc(SCc3ccc(N4CCCC4=O)cc3)ncc2S1(=O)=O. The fourth-order valence-corrected chi connectivity index (χ4v) is 6.14. The van der Waals surface area contributed by atoms with E-state index in [1.165, 1.54) is 29.3 Å². The summed E-state index contributed by atoms with van der Waals surface area (Å²) in [5.74, 6) is 0.776. The van der Waals surface area contributed by atoms with E-state index in [4.69, 9.17) is 11.6 Å². The fraction of sp³-hybridized carbons (Fsp3) is 0.227. The molecule has 3 aromatic rings. The Morgan fingerprint density at radius 1 is 1.16 bits per heavy atom. The number of amides is 1. The highest BCUT2D eigenvalue weighted by atomic mass is 35.5. The third-order valence-corrected chi connectivity index (χ3v) is 8.55. The Bertz CT molecular complexity index is 1330. The number of nitrogens with zero attached hydrogens (tertiary/aromatic N) is 4. The lowest BCUT2D eigenvalue weighted by molar-refractivity contribution is -0.117. The van der Waals surface area contributed by atoms with Crippen molar-refractivity contribution < 1.29 is 13.2 Å². The molecule has 0 spiro atoms. The normalized spacial score (nSPS) is 16.8. The van der Waals surface area contributed by atoms with E-state index < -0.39 is 10.0 Å². The maximum absolute atomic E-state index is 12.9. The lowest BCUT2D eigenvalue weighted by atomic mass is 10.1. The summed E-state index contributed by atoms with van der Waals surface area (Å²) in [6.45, 7) is 0.763. The second-order valence-electron chi connectivity index (χ2n) is 7.60. The van der Waals surface area contributed by atoms with Crippen LogP contribution in [0.4, 0.5) is 11.4 Å². The zero-order valence-corrected chi connectivity index (χ0v) is 19.5. The lowest BCUT2D eigenvalue weighted by Gasteiger charge is -2.28. The summed E-state index contributed by atoms with van der Waals surface area (Å²) in [4.78, 5) is 22.6. The number of carbonyl (C=O) groups is 1. The van der Waals surface area contributed by atoms with Gasteiger partial charge in [0.05, 0.1) is 17.6 Å². The molecular formula is C22H19ClN4O3S2. The lowest BCUT2D eigenvalue weighted by Crippen LogP contribution is -2.31. The van der Waals surface area contributed by atoms with Gasteiger partial charge in [-0.2, -0.15) is 0 Å². The summed E-state index contributed by atoms with van der Waals surface area (Å²) in [7, 11) is -2.22. The van der Waals surface area contributed by atoms with Crippen molar-refractivity contribution in [1.29, 1.82) is 0 Å². The topological polar surface area (TPSA) is 83.5 Å². The van der Waals surface area contributed by atoms with Crippen molar-refractivity contribution in [3.8, 4) is 11.3 Å². The molecule has 1 amide bonds. The molecule has 164 valence electrons. The second-order valence-corrected chi connectivity index (χ2v) is 10.9. The Morgan fingerprint density at radius 3 is 2.66 bits per heavy atom. The first kappa shape index (κ1) is 21.2. The molecule has 0 bridgehead atoms. The highest BCUT2D eigenvalue weighted by Crippen LogP contribution is 2.42. The van der Waals surface area contributed by atoms with Gasteiger partial charge < -0.3 is 4.90 Å². The molecule has 0 saturated carbocycles. The molecule has 0 atom stereocenters. The predicted octanol–water partition coefficient (Wildman–Crippen LogP) is 4.35. The number of thioether (sulfide) groups is 1. The van der Waals surface area contributed by atoms with Gasteiger partial charge in [0.1, 0.15) is 4.90 Å². The molecular weight excluding hydrogens is 468 g/mol. The van der Waals surface area contributed by atoms with Crippen LogP contribution in [-0.4, -0.2) is 37.9 Å². The van der Waals surface area contributed by atoms with E-state index >= 15 is 0 Å². The van der Waals surface area contributed by atoms with E-state index in [0.29, 0.717) is 39.3 Å². The third-order valence-electron chi connectivity index (χ3n) is 5.61. The Kier molecular flexibility index (Phi) is 5.35. The zero-order chi connectivity index (χ0) is 22.5. The van der Waals surface area contributed by atoms with Gasteiger partial charge >= 0.3 is 0 Å². The molecule has 32 heavy (non-hydrogen) atoms. The van der Waals surface area contributed by atoms with Gasteiger partial charge in [0.25, 0.3) is 10.0 Å². The van der Waals surface area contributed by atoms with E-state index in [-0.39, 0.29) is 10.8 Å². The standard InChI is InChI=1S/C22H19ClN4O3S2/c1-26-18-9-6-15(23)11-17(18)21-19(32(26,29)30)12-24-22(25-21)31-13-14-4-7-16(8-5-14)27-10-2-3-20(27)28/h4-9,11-12H,2-3,10,13H2,1H3. The van der Waals surface area contributed by atoms with Crippen LogP contribution in [0.1, 0.15) is 18.4 Å². The van der Waals surface area contributed by atoms with Crippen LogP contribution >= 0.6 is 23.4 Å². The highest BCUT2D eigenvalue weighted by molar-refractivity contribution is 7.98. The number of rotatable bonds is 4. The molecule has 10 heteroatoms. The van der Waals surface area contributed by atoms with Gasteiger partial charge in [0.15, 0.2) is 5.16 Å². The molecule has 2 aliphatic heterocycles. The number of halogens is 1. The van der Waals surface area contributed by atoms with E-state index in [1.807, 2.05) is 29.2 Å². The quantitative estimate of drug-likeness (QED) is 0.402. The van der Waals surface area contributed by atoms with Gasteiger partial charge in [-0.15, -0.1) is 0 Å². The Balaban J connectivity index is 1.40. The Labute approximate surface area is 195 Å². The smallest absolute Gasteiger partial charge is 0.267 e. The van der Waals surface area contributed by atoms with E-state index in [2.05, 4.69) is 9.97 Å². The summed E-state index contributed by atoms with van der Waals surface area (Å²) < 4.78 is 27.0. The fourth-order valence-electron chi connectivity index (χ4n) is 3.90. The minimum Gasteiger partial charge on any atom is -0.312 e. The number of hydrogen-bond donors (Lipinski definition) is 0. The van der Waals surface area contributed by atoms with Crippen LogP contribution in [0.2, 0.25) is 5.02 Å². The molecule has 0 radical (unpaired) electrons. The van der Waals surface area contributed by atoms with E-state index in [9.17, 15) is 13.2 Å². The molecule has 5 rings (SSSR count). The molecule has 2 aromatic carbocycles. The maximum atomic E-state index is 12.9. The first-order valence-corrected chi connectivity index (χ1v) is 12.8. The molecule has 2 aliphatic rings. The van der Waals surface area contributed by atoms with Crippen LogP contribution in [0, 0.1) is 0 Å². The number of benzene rings is 2. The number of aromatic nitrogens is 2. The van der Waals surface area contributed by atoms with Gasteiger partial charge in [-0.1, -0.05) is 35.5 Å². The van der Waals surface area contributed by atoms with Gasteiger partial charge in [0.2, 0.25) is 5.91 Å². The van der Waals surface area contributed by atoms with Crippen LogP contribution in [0.5, 0.6) is 0 Å². The Hall–Kier alpha value is -2.62. The van der Waals surface area contributed by atoms with Gasteiger partial charge in [-0.3, -0.25) is 9.10 Å². The predicted molar refractivity (Wildman–Crippen MR) is 126 cm³/mol. The number of sulfonamides is 1. The average Bonchev–Trinajstić information content (AvgIpc) is 3.22. The molecule has 7 nitrogen and oxygen atoms in total. The van der Waals surface area contributed by atoms with Crippen molar-refractivity contribution in [3.63, 3.8) is 0 Å². The van der Waals surface area contributed by atoms with Gasteiger partial charge in [-0.25, -0.2) is 18.4 Å². The summed E-state index contributed by atoms with van der Waals surface area (Å²) in [5.41, 5.74) is 3.52. The molecule has 1 aromatic heterocycles. The van der Waals surface area contributed by atoms with Crippen molar-refractivity contribution in [3.05, 3.63) is 59.2 Å². The van der Waals surface area contributed by atoms with Crippen molar-refractivity contribution in [2.75, 3.05) is 22.8 Å². The molecule has 3 heterocycles. The van der Waals surface area contributed by atoms with E-state index in [0.717, 1.165) is 24.2 Å². The number of hydrogen-bond acceptors (Lipinski definition) is 6. The molecule has 1 fully saturated rings. The highest BCUT2D eigenvalue weighted by Gasteiger charge is 2.34. The average molecular weight is 487 g/mol. The number of fused-ring (bicyclic) bond motifs is 3. The van der Waals surface area contributed by atoms with E-state index in [1.54, 1.807) is 18.2 Å². The van der Waals surface area contributed by atoms with Crippen molar-refractivity contribution >= 4 is 50.7 Å². The van der Waals surface area contributed by atoms with Crippen LogP contribution in [0.15, 0.2) is 58.7 Å². The van der Waals surface area contributed by atoms with Gasteiger partial charge in [0, 0.05) is 42.0 Å². The first-order chi connectivity index (χ1) is 15.3. The first-order valence-electron chi connectivity index (χ1n) is 10.0.